The van der Waals surface area contributed by atoms with Gasteiger partial charge in [0.2, 0.25) is 0 Å². The molecule has 0 spiro atoms. The van der Waals surface area contributed by atoms with E-state index in [1.54, 1.807) is 18.3 Å². The number of benzene rings is 2. The van der Waals surface area contributed by atoms with Crippen molar-refractivity contribution in [2.24, 2.45) is 0 Å². The summed E-state index contributed by atoms with van der Waals surface area (Å²) >= 11 is 1.49. The number of thiazole rings is 1. The summed E-state index contributed by atoms with van der Waals surface area (Å²) in [5.74, 6) is -0.169. The van der Waals surface area contributed by atoms with Crippen LogP contribution in [-0.2, 0) is 12.8 Å². The molecule has 1 fully saturated rings. The summed E-state index contributed by atoms with van der Waals surface area (Å²) in [6.45, 7) is 4.28. The second-order valence-corrected chi connectivity index (χ2v) is 9.48. The molecule has 5 rings (SSSR count). The molecule has 2 aliphatic rings. The van der Waals surface area contributed by atoms with Crippen molar-refractivity contribution in [1.29, 1.82) is 0 Å². The maximum atomic E-state index is 13.1. The van der Waals surface area contributed by atoms with Gasteiger partial charge >= 0.3 is 0 Å². The zero-order valence-corrected chi connectivity index (χ0v) is 18.4. The number of fused-ring (bicyclic) bond motifs is 1. The fraction of sp³-hybridized carbons (Fsp3) is 0.400. The average Bonchev–Trinajstić information content (AvgIpc) is 3.48. The molecule has 3 aromatic rings. The summed E-state index contributed by atoms with van der Waals surface area (Å²) in [4.78, 5) is 9.37. The van der Waals surface area contributed by atoms with Gasteiger partial charge in [-0.05, 0) is 60.6 Å². The molecule has 6 heteroatoms. The number of aromatic nitrogens is 1. The van der Waals surface area contributed by atoms with Crippen molar-refractivity contribution < 1.29 is 9.50 Å². The van der Waals surface area contributed by atoms with Crippen molar-refractivity contribution >= 4 is 17.0 Å². The lowest BCUT2D eigenvalue weighted by Gasteiger charge is -2.38. The molecule has 2 aromatic carbocycles. The minimum absolute atomic E-state index is 0.169. The Morgan fingerprint density at radius 1 is 1.10 bits per heavy atom. The summed E-state index contributed by atoms with van der Waals surface area (Å²) in [7, 11) is 0. The molecule has 1 N–H and O–H groups in total. The Bertz CT molecular complexity index is 1000. The van der Waals surface area contributed by atoms with Crippen molar-refractivity contribution in [3.05, 3.63) is 81.6 Å². The van der Waals surface area contributed by atoms with Crippen molar-refractivity contribution in [2.75, 3.05) is 31.1 Å². The minimum atomic E-state index is -0.652. The fourth-order valence-corrected chi connectivity index (χ4v) is 5.52. The molecule has 3 heterocycles. The summed E-state index contributed by atoms with van der Waals surface area (Å²) in [6.07, 6.45) is 5.45. The quantitative estimate of drug-likeness (QED) is 0.619. The monoisotopic (exact) mass is 437 g/mol. The number of hydrogen-bond acceptors (Lipinski definition) is 5. The number of aliphatic hydroxyl groups excluding tert-OH is 1. The Morgan fingerprint density at radius 2 is 1.90 bits per heavy atom. The normalized spacial score (nSPS) is 18.3. The third kappa shape index (κ3) is 4.52. The van der Waals surface area contributed by atoms with Crippen molar-refractivity contribution in [1.82, 2.24) is 9.88 Å². The third-order valence-electron chi connectivity index (χ3n) is 6.67. The number of rotatable bonds is 6. The van der Waals surface area contributed by atoms with Crippen molar-refractivity contribution in [2.45, 2.75) is 37.8 Å². The van der Waals surface area contributed by atoms with Gasteiger partial charge < -0.3 is 14.9 Å². The molecule has 0 bridgehead atoms. The molecule has 0 amide bonds. The first-order valence-corrected chi connectivity index (χ1v) is 12.0. The highest BCUT2D eigenvalue weighted by molar-refractivity contribution is 7.09. The van der Waals surface area contributed by atoms with Crippen LogP contribution in [0.25, 0.3) is 0 Å². The first-order valence-electron chi connectivity index (χ1n) is 11.1. The van der Waals surface area contributed by atoms with Crippen LogP contribution < -0.4 is 4.90 Å². The molecule has 0 radical (unpaired) electrons. The van der Waals surface area contributed by atoms with Crippen LogP contribution >= 0.6 is 11.3 Å². The minimum Gasteiger partial charge on any atom is -0.381 e. The highest BCUT2D eigenvalue weighted by Gasteiger charge is 2.30. The Labute approximate surface area is 187 Å². The van der Waals surface area contributed by atoms with Crippen LogP contribution in [0.1, 0.15) is 40.6 Å². The van der Waals surface area contributed by atoms with Crippen LogP contribution in [0.3, 0.4) is 0 Å². The van der Waals surface area contributed by atoms with Crippen LogP contribution in [0.4, 0.5) is 10.1 Å². The molecule has 4 nitrogen and oxygen atoms in total. The van der Waals surface area contributed by atoms with Gasteiger partial charge in [-0.2, -0.15) is 0 Å². The Hall–Kier alpha value is -2.28. The molecule has 1 unspecified atom stereocenters. The molecule has 162 valence electrons. The molecular formula is C25H28FN3OS. The van der Waals surface area contributed by atoms with Crippen LogP contribution in [0.5, 0.6) is 0 Å². The molecule has 1 aromatic heterocycles. The smallest absolute Gasteiger partial charge is 0.131 e. The van der Waals surface area contributed by atoms with E-state index < -0.39 is 6.10 Å². The fourth-order valence-electron chi connectivity index (χ4n) is 4.88. The number of aliphatic hydroxyl groups is 1. The first-order chi connectivity index (χ1) is 15.2. The number of halogens is 1. The van der Waals surface area contributed by atoms with Crippen molar-refractivity contribution in [3.63, 3.8) is 0 Å². The van der Waals surface area contributed by atoms with E-state index in [1.807, 2.05) is 23.6 Å². The number of anilines is 1. The van der Waals surface area contributed by atoms with E-state index in [2.05, 4.69) is 26.9 Å². The second-order valence-electron chi connectivity index (χ2n) is 8.55. The van der Waals surface area contributed by atoms with E-state index >= 15 is 0 Å². The SMILES string of the molecule is OC(c1ccc2c(c1)N(C1CCN(CCc3ccc(F)cc3)CC1)CC2)c1nccs1. The number of likely N-dealkylation sites (tertiary alicyclic amines) is 1. The lowest BCUT2D eigenvalue weighted by Crippen LogP contribution is -2.45. The summed E-state index contributed by atoms with van der Waals surface area (Å²) in [5, 5.41) is 13.4. The number of nitrogens with zero attached hydrogens (tertiary/aromatic N) is 3. The van der Waals surface area contributed by atoms with E-state index in [0.717, 1.165) is 62.4 Å². The summed E-state index contributed by atoms with van der Waals surface area (Å²) < 4.78 is 13.1. The van der Waals surface area contributed by atoms with Gasteiger partial charge in [-0.3, -0.25) is 0 Å². The van der Waals surface area contributed by atoms with Gasteiger partial charge in [-0.15, -0.1) is 11.3 Å². The summed E-state index contributed by atoms with van der Waals surface area (Å²) in [5.41, 5.74) is 4.80. The van der Waals surface area contributed by atoms with Crippen molar-refractivity contribution in [3.8, 4) is 0 Å². The van der Waals surface area contributed by atoms with Gasteiger partial charge in [0, 0.05) is 49.5 Å². The van der Waals surface area contributed by atoms with Gasteiger partial charge in [-0.25, -0.2) is 9.37 Å². The maximum absolute atomic E-state index is 13.1. The zero-order chi connectivity index (χ0) is 21.2. The molecular weight excluding hydrogens is 409 g/mol. The lowest BCUT2D eigenvalue weighted by molar-refractivity contribution is 0.211. The van der Waals surface area contributed by atoms with E-state index in [4.69, 9.17) is 0 Å². The topological polar surface area (TPSA) is 39.6 Å². The highest BCUT2D eigenvalue weighted by atomic mass is 32.1. The molecule has 31 heavy (non-hydrogen) atoms. The lowest BCUT2D eigenvalue weighted by atomic mass is 10.0. The number of piperidine rings is 1. The average molecular weight is 438 g/mol. The van der Waals surface area contributed by atoms with E-state index in [9.17, 15) is 9.50 Å². The van der Waals surface area contributed by atoms with Crippen LogP contribution in [-0.4, -0.2) is 47.2 Å². The molecule has 1 saturated heterocycles. The largest absolute Gasteiger partial charge is 0.381 e. The molecule has 0 saturated carbocycles. The summed E-state index contributed by atoms with van der Waals surface area (Å²) in [6, 6.07) is 13.8. The predicted octanol–water partition coefficient (Wildman–Crippen LogP) is 4.43. The van der Waals surface area contributed by atoms with Gasteiger partial charge in [0.05, 0.1) is 0 Å². The Morgan fingerprint density at radius 3 is 2.65 bits per heavy atom. The Kier molecular flexibility index (Phi) is 6.03. The second kappa shape index (κ2) is 9.07. The van der Waals surface area contributed by atoms with Gasteiger partial charge in [-0.1, -0.05) is 24.3 Å². The van der Waals surface area contributed by atoms with Crippen LogP contribution in [0, 0.1) is 5.82 Å². The van der Waals surface area contributed by atoms with E-state index in [1.165, 1.54) is 28.2 Å². The molecule has 1 atom stereocenters. The highest BCUT2D eigenvalue weighted by Crippen LogP contribution is 2.36. The van der Waals surface area contributed by atoms with Gasteiger partial charge in [0.15, 0.2) is 0 Å². The van der Waals surface area contributed by atoms with Gasteiger partial charge in [0.25, 0.3) is 0 Å². The van der Waals surface area contributed by atoms with E-state index in [-0.39, 0.29) is 5.82 Å². The maximum Gasteiger partial charge on any atom is 0.131 e. The third-order valence-corrected chi connectivity index (χ3v) is 7.50. The van der Waals surface area contributed by atoms with E-state index in [0.29, 0.717) is 6.04 Å². The number of hydrogen-bond donors (Lipinski definition) is 1. The van der Waals surface area contributed by atoms with Crippen LogP contribution in [0.2, 0.25) is 0 Å². The Balaban J connectivity index is 1.20. The van der Waals surface area contributed by atoms with Gasteiger partial charge in [0.1, 0.15) is 16.9 Å². The standard InChI is InChI=1S/C25H28FN3OS/c26-21-5-1-18(2-6-21)7-12-28-13-9-22(10-14-28)29-15-8-19-3-4-20(17-23(19)29)24(30)25-27-11-16-31-25/h1-6,11,16-17,22,24,30H,7-10,12-15H2. The molecule has 2 aliphatic heterocycles. The molecule has 0 aliphatic carbocycles. The van der Waals surface area contributed by atoms with Crippen LogP contribution in [0.15, 0.2) is 54.0 Å². The first kappa shape index (κ1) is 20.6. The zero-order valence-electron chi connectivity index (χ0n) is 17.6. The predicted molar refractivity (Wildman–Crippen MR) is 123 cm³/mol.